The van der Waals surface area contributed by atoms with E-state index >= 15 is 0 Å². The Morgan fingerprint density at radius 3 is 2.24 bits per heavy atom. The molecule has 29 heavy (non-hydrogen) atoms. The highest BCUT2D eigenvalue weighted by Crippen LogP contribution is 2.44. The lowest BCUT2D eigenvalue weighted by Gasteiger charge is -2.25. The molecule has 3 aromatic rings. The van der Waals surface area contributed by atoms with Gasteiger partial charge < -0.3 is 23.5 Å². The number of para-hydroxylation sites is 1. The quantitative estimate of drug-likeness (QED) is 0.659. The Morgan fingerprint density at radius 1 is 1.00 bits per heavy atom. The van der Waals surface area contributed by atoms with E-state index in [1.54, 1.807) is 41.3 Å². The number of ether oxygens (including phenoxy) is 3. The summed E-state index contributed by atoms with van der Waals surface area (Å²) in [4.78, 5) is 28.0. The largest absolute Gasteiger partial charge is 0.493 e. The van der Waals surface area contributed by atoms with Gasteiger partial charge >= 0.3 is 0 Å². The standard InChI is InChI=1S/C22H21NO6/c1-5-23-18(12-10-15(26-2)20(28-4)16(11-12)27-3)17-19(24)13-8-6-7-9-14(13)29-21(17)22(23)25/h6-11,18H,5H2,1-4H3/t18-/m0/s1. The van der Waals surface area contributed by atoms with Crippen LogP contribution in [0, 0.1) is 0 Å². The maximum Gasteiger partial charge on any atom is 0.290 e. The second-order valence-corrected chi connectivity index (χ2v) is 6.62. The Kier molecular flexibility index (Phi) is 4.66. The molecule has 7 nitrogen and oxygen atoms in total. The number of benzene rings is 2. The van der Waals surface area contributed by atoms with Crippen molar-refractivity contribution in [2.75, 3.05) is 27.9 Å². The summed E-state index contributed by atoms with van der Waals surface area (Å²) in [5, 5.41) is 0.439. The third-order valence-corrected chi connectivity index (χ3v) is 5.22. The summed E-state index contributed by atoms with van der Waals surface area (Å²) in [6.07, 6.45) is 0. The van der Waals surface area contributed by atoms with Crippen LogP contribution in [0.1, 0.15) is 34.6 Å². The van der Waals surface area contributed by atoms with Crippen LogP contribution in [0.15, 0.2) is 45.6 Å². The molecule has 2 aromatic carbocycles. The van der Waals surface area contributed by atoms with Crippen molar-refractivity contribution in [1.82, 2.24) is 4.90 Å². The number of methoxy groups -OCH3 is 3. The Bertz CT molecular complexity index is 1140. The molecular formula is C22H21NO6. The number of hydrogen-bond acceptors (Lipinski definition) is 6. The number of carbonyl (C=O) groups is 1. The average molecular weight is 395 g/mol. The molecule has 4 rings (SSSR count). The molecule has 0 spiro atoms. The summed E-state index contributed by atoms with van der Waals surface area (Å²) in [7, 11) is 4.57. The topological polar surface area (TPSA) is 78.2 Å². The van der Waals surface area contributed by atoms with Gasteiger partial charge in [-0.2, -0.15) is 0 Å². The van der Waals surface area contributed by atoms with Crippen molar-refractivity contribution >= 4 is 16.9 Å². The first-order chi connectivity index (χ1) is 14.0. The fourth-order valence-corrected chi connectivity index (χ4v) is 3.90. The van der Waals surface area contributed by atoms with E-state index in [1.165, 1.54) is 21.3 Å². The molecule has 0 saturated heterocycles. The smallest absolute Gasteiger partial charge is 0.290 e. The van der Waals surface area contributed by atoms with Gasteiger partial charge in [0.05, 0.1) is 38.3 Å². The van der Waals surface area contributed by atoms with Gasteiger partial charge in [0.1, 0.15) is 5.58 Å². The lowest BCUT2D eigenvalue weighted by Crippen LogP contribution is -2.29. The van der Waals surface area contributed by atoms with Crippen LogP contribution in [0.25, 0.3) is 11.0 Å². The van der Waals surface area contributed by atoms with Crippen LogP contribution >= 0.6 is 0 Å². The normalized spacial score (nSPS) is 15.5. The summed E-state index contributed by atoms with van der Waals surface area (Å²) >= 11 is 0. The molecule has 0 bridgehead atoms. The molecule has 0 radical (unpaired) electrons. The minimum Gasteiger partial charge on any atom is -0.493 e. The summed E-state index contributed by atoms with van der Waals surface area (Å²) in [6.45, 7) is 2.26. The van der Waals surface area contributed by atoms with Gasteiger partial charge in [-0.15, -0.1) is 0 Å². The third kappa shape index (κ3) is 2.73. The van der Waals surface area contributed by atoms with Crippen molar-refractivity contribution in [3.63, 3.8) is 0 Å². The van der Waals surface area contributed by atoms with Gasteiger partial charge in [-0.25, -0.2) is 0 Å². The lowest BCUT2D eigenvalue weighted by molar-refractivity contribution is 0.0737. The minimum absolute atomic E-state index is 0.0781. The Hall–Kier alpha value is -3.48. The first kappa shape index (κ1) is 18.9. The predicted molar refractivity (Wildman–Crippen MR) is 107 cm³/mol. The Balaban J connectivity index is 2.02. The van der Waals surface area contributed by atoms with Gasteiger partial charge in [0.2, 0.25) is 11.5 Å². The fraction of sp³-hybridized carbons (Fsp3) is 0.273. The van der Waals surface area contributed by atoms with Crippen LogP contribution in [0.5, 0.6) is 17.2 Å². The molecule has 150 valence electrons. The van der Waals surface area contributed by atoms with Crippen LogP contribution in [-0.4, -0.2) is 38.7 Å². The first-order valence-corrected chi connectivity index (χ1v) is 9.22. The van der Waals surface area contributed by atoms with E-state index in [4.69, 9.17) is 18.6 Å². The van der Waals surface area contributed by atoms with Crippen LogP contribution in [0.3, 0.4) is 0 Å². The molecule has 0 unspecified atom stereocenters. The van der Waals surface area contributed by atoms with Gasteiger partial charge in [-0.3, -0.25) is 9.59 Å². The fourth-order valence-electron chi connectivity index (χ4n) is 3.90. The maximum absolute atomic E-state index is 13.3. The number of nitrogens with zero attached hydrogens (tertiary/aromatic N) is 1. The van der Waals surface area contributed by atoms with E-state index in [0.717, 1.165) is 0 Å². The summed E-state index contributed by atoms with van der Waals surface area (Å²) < 4.78 is 22.2. The monoisotopic (exact) mass is 395 g/mol. The van der Waals surface area contributed by atoms with Crippen molar-refractivity contribution < 1.29 is 23.4 Å². The van der Waals surface area contributed by atoms with E-state index in [2.05, 4.69) is 0 Å². The van der Waals surface area contributed by atoms with Crippen molar-refractivity contribution in [3.05, 3.63) is 63.5 Å². The molecule has 1 aliphatic heterocycles. The highest BCUT2D eigenvalue weighted by atomic mass is 16.5. The second kappa shape index (κ2) is 7.16. The molecule has 0 saturated carbocycles. The second-order valence-electron chi connectivity index (χ2n) is 6.62. The third-order valence-electron chi connectivity index (χ3n) is 5.22. The molecular weight excluding hydrogens is 374 g/mol. The molecule has 7 heteroatoms. The van der Waals surface area contributed by atoms with Gasteiger partial charge in [-0.1, -0.05) is 12.1 Å². The first-order valence-electron chi connectivity index (χ1n) is 9.22. The van der Waals surface area contributed by atoms with E-state index in [0.29, 0.717) is 45.9 Å². The highest BCUT2D eigenvalue weighted by Gasteiger charge is 2.42. The number of carbonyl (C=O) groups excluding carboxylic acids is 1. The van der Waals surface area contributed by atoms with Crippen LogP contribution in [0.2, 0.25) is 0 Å². The number of amides is 1. The Morgan fingerprint density at radius 2 is 1.66 bits per heavy atom. The number of rotatable bonds is 5. The van der Waals surface area contributed by atoms with Gasteiger partial charge in [0.15, 0.2) is 16.9 Å². The van der Waals surface area contributed by atoms with Crippen LogP contribution in [0.4, 0.5) is 0 Å². The van der Waals surface area contributed by atoms with E-state index in [1.807, 2.05) is 6.92 Å². The van der Waals surface area contributed by atoms with Crippen LogP contribution in [-0.2, 0) is 0 Å². The van der Waals surface area contributed by atoms with Crippen molar-refractivity contribution in [1.29, 1.82) is 0 Å². The molecule has 0 aliphatic carbocycles. The molecule has 1 amide bonds. The molecule has 0 N–H and O–H groups in total. The zero-order valence-corrected chi connectivity index (χ0v) is 16.6. The van der Waals surface area contributed by atoms with E-state index < -0.39 is 6.04 Å². The van der Waals surface area contributed by atoms with Crippen molar-refractivity contribution in [2.45, 2.75) is 13.0 Å². The molecule has 1 aromatic heterocycles. The lowest BCUT2D eigenvalue weighted by atomic mass is 9.97. The van der Waals surface area contributed by atoms with Gasteiger partial charge in [-0.05, 0) is 36.8 Å². The molecule has 1 atom stereocenters. The van der Waals surface area contributed by atoms with E-state index in [-0.39, 0.29) is 17.1 Å². The van der Waals surface area contributed by atoms with Crippen LogP contribution < -0.4 is 19.6 Å². The molecule has 2 heterocycles. The Labute approximate surface area is 167 Å². The zero-order valence-electron chi connectivity index (χ0n) is 16.6. The number of fused-ring (bicyclic) bond motifs is 2. The summed E-state index contributed by atoms with van der Waals surface area (Å²) in [5.41, 5.74) is 1.18. The van der Waals surface area contributed by atoms with Gasteiger partial charge in [0, 0.05) is 6.54 Å². The molecule has 1 aliphatic rings. The minimum atomic E-state index is -0.614. The average Bonchev–Trinajstić information content (AvgIpc) is 3.04. The summed E-state index contributed by atoms with van der Waals surface area (Å²) in [6, 6.07) is 9.83. The predicted octanol–water partition coefficient (Wildman–Crippen LogP) is 3.38. The van der Waals surface area contributed by atoms with Crippen molar-refractivity contribution in [3.8, 4) is 17.2 Å². The van der Waals surface area contributed by atoms with E-state index in [9.17, 15) is 9.59 Å². The molecule has 0 fully saturated rings. The zero-order chi connectivity index (χ0) is 20.7. The summed E-state index contributed by atoms with van der Waals surface area (Å²) in [5.74, 6) is 1.10. The van der Waals surface area contributed by atoms with Crippen molar-refractivity contribution in [2.24, 2.45) is 0 Å². The number of hydrogen-bond donors (Lipinski definition) is 0. The van der Waals surface area contributed by atoms with Gasteiger partial charge in [0.25, 0.3) is 5.91 Å². The SMILES string of the molecule is CCN1C(=O)c2oc3ccccc3c(=O)c2[C@@H]1c1cc(OC)c(OC)c(OC)c1. The maximum atomic E-state index is 13.3. The highest BCUT2D eigenvalue weighted by molar-refractivity contribution is 5.99.